The van der Waals surface area contributed by atoms with E-state index < -0.39 is 79.8 Å². The Hall–Kier alpha value is -1.87. The van der Waals surface area contributed by atoms with Crippen LogP contribution in [0.1, 0.15) is 20.8 Å². The van der Waals surface area contributed by atoms with Gasteiger partial charge in [-0.15, -0.1) is 0 Å². The van der Waals surface area contributed by atoms with Crippen LogP contribution in [0.2, 0.25) is 0 Å². The molecule has 0 aliphatic carbocycles. The molecular formula is C19H30O13. The number of carbonyl (C=O) groups excluding carboxylic acids is 3. The minimum absolute atomic E-state index is 0.303. The summed E-state index contributed by atoms with van der Waals surface area (Å²) in [7, 11) is 2.68. The quantitative estimate of drug-likeness (QED) is 0.291. The molecule has 0 aromatic carbocycles. The van der Waals surface area contributed by atoms with E-state index in [1.54, 1.807) is 0 Å². The second-order valence-corrected chi connectivity index (χ2v) is 7.24. The summed E-state index contributed by atoms with van der Waals surface area (Å²) < 4.78 is 43.3. The van der Waals surface area contributed by atoms with E-state index >= 15 is 0 Å². The molecule has 0 spiro atoms. The minimum Gasteiger partial charge on any atom is -0.463 e. The highest BCUT2D eigenvalue weighted by Crippen LogP contribution is 2.33. The van der Waals surface area contributed by atoms with Crippen LogP contribution in [0.15, 0.2) is 0 Å². The predicted molar refractivity (Wildman–Crippen MR) is 101 cm³/mol. The van der Waals surface area contributed by atoms with Crippen LogP contribution < -0.4 is 0 Å². The van der Waals surface area contributed by atoms with Crippen LogP contribution in [0.25, 0.3) is 0 Å². The lowest BCUT2D eigenvalue weighted by atomic mass is 9.98. The first-order chi connectivity index (χ1) is 15.1. The number of hydrogen-bond acceptors (Lipinski definition) is 13. The van der Waals surface area contributed by atoms with Gasteiger partial charge in [0.1, 0.15) is 37.1 Å². The van der Waals surface area contributed by atoms with Gasteiger partial charge in [0, 0.05) is 35.0 Å². The van der Waals surface area contributed by atoms with Crippen molar-refractivity contribution in [3.05, 3.63) is 0 Å². The maximum atomic E-state index is 11.7. The van der Waals surface area contributed by atoms with Gasteiger partial charge < -0.3 is 48.1 Å². The Balaban J connectivity index is 2.32. The molecule has 2 aliphatic rings. The number of esters is 3. The third kappa shape index (κ3) is 6.34. The zero-order valence-corrected chi connectivity index (χ0v) is 18.5. The van der Waals surface area contributed by atoms with Gasteiger partial charge in [-0.25, -0.2) is 0 Å². The molecule has 13 nitrogen and oxygen atoms in total. The van der Waals surface area contributed by atoms with E-state index in [1.807, 2.05) is 0 Å². The molecule has 0 saturated carbocycles. The third-order valence-corrected chi connectivity index (χ3v) is 4.95. The van der Waals surface area contributed by atoms with Gasteiger partial charge >= 0.3 is 17.9 Å². The average molecular weight is 466 g/mol. The van der Waals surface area contributed by atoms with Crippen LogP contribution in [0.4, 0.5) is 0 Å². The van der Waals surface area contributed by atoms with Gasteiger partial charge in [-0.3, -0.25) is 14.4 Å². The van der Waals surface area contributed by atoms with Crippen molar-refractivity contribution in [3.8, 4) is 0 Å². The van der Waals surface area contributed by atoms with Gasteiger partial charge in [0.25, 0.3) is 0 Å². The topological polar surface area (TPSA) is 166 Å². The van der Waals surface area contributed by atoms with Gasteiger partial charge in [0.2, 0.25) is 0 Å². The van der Waals surface area contributed by atoms with Crippen molar-refractivity contribution >= 4 is 17.9 Å². The molecule has 2 N–H and O–H groups in total. The second kappa shape index (κ2) is 11.8. The van der Waals surface area contributed by atoms with Crippen molar-refractivity contribution in [3.63, 3.8) is 0 Å². The SMILES string of the molecule is CO[C@@H]1[C@@H](OC)[C@@H](O)O[C@H](CO)[C@H]1O[C@H]1O[C@@H](COC(C)=O)[C@@H](OC(C)=O)[C@@H]1OC(C)=O. The number of hydrogen-bond donors (Lipinski definition) is 2. The van der Waals surface area contributed by atoms with Crippen LogP contribution in [0, 0.1) is 0 Å². The minimum atomic E-state index is -1.40. The summed E-state index contributed by atoms with van der Waals surface area (Å²) in [4.78, 5) is 34.6. The van der Waals surface area contributed by atoms with E-state index in [2.05, 4.69) is 0 Å². The molecule has 0 bridgehead atoms. The monoisotopic (exact) mass is 466 g/mol. The Morgan fingerprint density at radius 3 is 1.88 bits per heavy atom. The van der Waals surface area contributed by atoms with E-state index in [0.717, 1.165) is 13.8 Å². The Morgan fingerprint density at radius 1 is 0.781 bits per heavy atom. The maximum absolute atomic E-state index is 11.7. The van der Waals surface area contributed by atoms with Crippen LogP contribution in [-0.2, 0) is 52.3 Å². The summed E-state index contributed by atoms with van der Waals surface area (Å²) in [6.07, 6.45) is -10.1. The number of aliphatic hydroxyl groups excluding tert-OH is 2. The lowest BCUT2D eigenvalue weighted by molar-refractivity contribution is -0.327. The van der Waals surface area contributed by atoms with Crippen LogP contribution in [-0.4, -0.2) is 111 Å². The molecule has 13 heteroatoms. The highest BCUT2D eigenvalue weighted by Gasteiger charge is 2.54. The Labute approximate surface area is 184 Å². The van der Waals surface area contributed by atoms with E-state index in [0.29, 0.717) is 0 Å². The molecule has 2 heterocycles. The first-order valence-electron chi connectivity index (χ1n) is 9.91. The number of carbonyl (C=O) groups is 3. The Bertz CT molecular complexity index is 655. The highest BCUT2D eigenvalue weighted by molar-refractivity contribution is 5.67. The third-order valence-electron chi connectivity index (χ3n) is 4.95. The van der Waals surface area contributed by atoms with Crippen molar-refractivity contribution in [2.24, 2.45) is 0 Å². The Morgan fingerprint density at radius 2 is 1.38 bits per heavy atom. The largest absolute Gasteiger partial charge is 0.463 e. The summed E-state index contributed by atoms with van der Waals surface area (Å²) in [6.45, 7) is 2.65. The number of ether oxygens (including phenoxy) is 8. The fourth-order valence-electron chi connectivity index (χ4n) is 3.67. The molecule has 184 valence electrons. The van der Waals surface area contributed by atoms with E-state index in [1.165, 1.54) is 21.1 Å². The van der Waals surface area contributed by atoms with Crippen molar-refractivity contribution in [2.45, 2.75) is 76.1 Å². The molecular weight excluding hydrogens is 436 g/mol. The van der Waals surface area contributed by atoms with Crippen LogP contribution >= 0.6 is 0 Å². The summed E-state index contributed by atoms with van der Waals surface area (Å²) in [5.41, 5.74) is 0. The number of rotatable bonds is 9. The molecule has 9 atom stereocenters. The van der Waals surface area contributed by atoms with Gasteiger partial charge in [-0.05, 0) is 0 Å². The standard InChI is InChI=1S/C19H30O13/c1-8(21)27-7-12-14(28-9(2)22)17(29-10(3)23)19(31-12)32-13-11(6-20)30-18(24)16(26-5)15(13)25-4/h11-20,24H,6-7H2,1-5H3/t11-,12+,13-,14-,15+,16-,17+,18+,19-/m1/s1. The normalized spacial score (nSPS) is 37.0. The molecule has 0 aromatic heterocycles. The predicted octanol–water partition coefficient (Wildman–Crippen LogP) is -1.74. The fourth-order valence-corrected chi connectivity index (χ4v) is 3.67. The van der Waals surface area contributed by atoms with Gasteiger partial charge in [-0.2, -0.15) is 0 Å². The summed E-state index contributed by atoms with van der Waals surface area (Å²) in [5.74, 6) is -1.98. The van der Waals surface area contributed by atoms with Crippen LogP contribution in [0.5, 0.6) is 0 Å². The Kier molecular flexibility index (Phi) is 9.76. The number of aliphatic hydroxyl groups is 2. The van der Waals surface area contributed by atoms with Gasteiger partial charge in [-0.1, -0.05) is 0 Å². The zero-order valence-electron chi connectivity index (χ0n) is 18.5. The molecule has 0 unspecified atom stereocenters. The van der Waals surface area contributed by atoms with Gasteiger partial charge in [0.05, 0.1) is 6.61 Å². The van der Waals surface area contributed by atoms with E-state index in [-0.39, 0.29) is 6.61 Å². The molecule has 2 rings (SSSR count). The molecule has 0 aromatic rings. The molecule has 0 radical (unpaired) electrons. The molecule has 2 saturated heterocycles. The van der Waals surface area contributed by atoms with Crippen LogP contribution in [0.3, 0.4) is 0 Å². The summed E-state index contributed by atoms with van der Waals surface area (Å²) >= 11 is 0. The molecule has 2 fully saturated rings. The fraction of sp³-hybridized carbons (Fsp3) is 0.842. The summed E-state index contributed by atoms with van der Waals surface area (Å²) in [6, 6.07) is 0. The highest BCUT2D eigenvalue weighted by atomic mass is 16.8. The number of methoxy groups -OCH3 is 2. The van der Waals surface area contributed by atoms with Gasteiger partial charge in [0.15, 0.2) is 24.8 Å². The molecule has 0 amide bonds. The van der Waals surface area contributed by atoms with Crippen molar-refractivity contribution in [1.82, 2.24) is 0 Å². The van der Waals surface area contributed by atoms with E-state index in [4.69, 9.17) is 37.9 Å². The molecule has 2 aliphatic heterocycles. The van der Waals surface area contributed by atoms with E-state index in [9.17, 15) is 24.6 Å². The van der Waals surface area contributed by atoms with Crippen molar-refractivity contribution < 1.29 is 62.5 Å². The average Bonchev–Trinajstić information content (AvgIpc) is 3.01. The maximum Gasteiger partial charge on any atom is 0.303 e. The smallest absolute Gasteiger partial charge is 0.303 e. The first kappa shape index (κ1) is 26.4. The second-order valence-electron chi connectivity index (χ2n) is 7.24. The molecule has 32 heavy (non-hydrogen) atoms. The first-order valence-corrected chi connectivity index (χ1v) is 9.91. The van der Waals surface area contributed by atoms with Crippen molar-refractivity contribution in [2.75, 3.05) is 27.4 Å². The summed E-state index contributed by atoms with van der Waals surface area (Å²) in [5, 5.41) is 19.9. The lowest BCUT2D eigenvalue weighted by Crippen LogP contribution is -2.61. The van der Waals surface area contributed by atoms with Crippen molar-refractivity contribution in [1.29, 1.82) is 0 Å². The lowest BCUT2D eigenvalue weighted by Gasteiger charge is -2.44. The zero-order chi connectivity index (χ0) is 24.0.